The van der Waals surface area contributed by atoms with Gasteiger partial charge in [-0.3, -0.25) is 4.99 Å². The van der Waals surface area contributed by atoms with Crippen molar-refractivity contribution >= 4 is 17.3 Å². The first kappa shape index (κ1) is 19.0. The zero-order chi connectivity index (χ0) is 16.2. The topological polar surface area (TPSA) is 45.7 Å². The second kappa shape index (κ2) is 11.5. The van der Waals surface area contributed by atoms with Gasteiger partial charge in [0.2, 0.25) is 0 Å². The number of rotatable bonds is 10. The van der Waals surface area contributed by atoms with Gasteiger partial charge in [0.1, 0.15) is 0 Å². The molecule has 1 aromatic rings. The number of ether oxygens (including phenoxy) is 1. The van der Waals surface area contributed by atoms with E-state index in [1.807, 2.05) is 11.3 Å². The molecule has 126 valence electrons. The lowest BCUT2D eigenvalue weighted by Crippen LogP contribution is -2.38. The van der Waals surface area contributed by atoms with Gasteiger partial charge < -0.3 is 15.4 Å². The molecule has 0 radical (unpaired) electrons. The lowest BCUT2D eigenvalue weighted by molar-refractivity contribution is 0.0776. The van der Waals surface area contributed by atoms with E-state index >= 15 is 0 Å². The largest absolute Gasteiger partial charge is 0.379 e. The van der Waals surface area contributed by atoms with Crippen LogP contribution >= 0.6 is 11.3 Å². The lowest BCUT2D eigenvalue weighted by atomic mass is 10.1. The van der Waals surface area contributed by atoms with Crippen molar-refractivity contribution in [1.29, 1.82) is 0 Å². The Morgan fingerprint density at radius 1 is 1.32 bits per heavy atom. The van der Waals surface area contributed by atoms with Crippen LogP contribution in [0, 0.1) is 5.92 Å². The summed E-state index contributed by atoms with van der Waals surface area (Å²) in [4.78, 5) is 6.12. The van der Waals surface area contributed by atoms with Crippen LogP contribution in [-0.4, -0.2) is 38.3 Å². The Morgan fingerprint density at radius 3 is 2.77 bits per heavy atom. The molecule has 0 amide bonds. The number of thiophene rings is 1. The Balaban J connectivity index is 2.28. The normalized spacial score (nSPS) is 13.4. The standard InChI is InChI=1S/C17H31N3OS/c1-5-18-17(19-9-7-10-21-14(2)3)20-13-15(4)12-16-8-6-11-22-16/h6,8,11,14-15H,5,7,9-10,12-13H2,1-4H3,(H2,18,19,20). The highest BCUT2D eigenvalue weighted by atomic mass is 32.1. The summed E-state index contributed by atoms with van der Waals surface area (Å²) in [5.74, 6) is 1.46. The first-order chi connectivity index (χ1) is 10.6. The van der Waals surface area contributed by atoms with Gasteiger partial charge in [0, 0.05) is 31.1 Å². The minimum atomic E-state index is 0.306. The number of nitrogens with zero attached hydrogens (tertiary/aromatic N) is 1. The van der Waals surface area contributed by atoms with Crippen LogP contribution < -0.4 is 10.6 Å². The molecule has 0 bridgehead atoms. The number of hydrogen-bond donors (Lipinski definition) is 2. The van der Waals surface area contributed by atoms with E-state index < -0.39 is 0 Å². The molecule has 0 fully saturated rings. The molecule has 0 aliphatic rings. The molecule has 0 aromatic carbocycles. The first-order valence-electron chi connectivity index (χ1n) is 8.28. The lowest BCUT2D eigenvalue weighted by Gasteiger charge is -2.13. The number of guanidine groups is 1. The summed E-state index contributed by atoms with van der Waals surface area (Å²) in [7, 11) is 0. The Morgan fingerprint density at radius 2 is 2.14 bits per heavy atom. The minimum absolute atomic E-state index is 0.306. The monoisotopic (exact) mass is 325 g/mol. The van der Waals surface area contributed by atoms with Crippen LogP contribution in [0.2, 0.25) is 0 Å². The van der Waals surface area contributed by atoms with E-state index in [4.69, 9.17) is 4.74 Å². The van der Waals surface area contributed by atoms with E-state index in [1.54, 1.807) is 0 Å². The van der Waals surface area contributed by atoms with Gasteiger partial charge in [-0.05, 0) is 51.0 Å². The molecule has 1 aromatic heterocycles. The van der Waals surface area contributed by atoms with Gasteiger partial charge in [0.05, 0.1) is 6.10 Å². The average Bonchev–Trinajstić information content (AvgIpc) is 2.96. The molecular formula is C17H31N3OS. The summed E-state index contributed by atoms with van der Waals surface area (Å²) in [6.45, 7) is 11.9. The molecule has 4 nitrogen and oxygen atoms in total. The van der Waals surface area contributed by atoms with Crippen LogP contribution in [0.1, 0.15) is 39.0 Å². The fourth-order valence-corrected chi connectivity index (χ4v) is 2.89. The Kier molecular flexibility index (Phi) is 9.91. The van der Waals surface area contributed by atoms with E-state index in [9.17, 15) is 0 Å². The summed E-state index contributed by atoms with van der Waals surface area (Å²) >= 11 is 1.82. The number of hydrogen-bond acceptors (Lipinski definition) is 3. The summed E-state index contributed by atoms with van der Waals surface area (Å²) in [6.07, 6.45) is 2.40. The van der Waals surface area contributed by atoms with Gasteiger partial charge in [-0.25, -0.2) is 0 Å². The second-order valence-corrected chi connectivity index (χ2v) is 6.84. The van der Waals surface area contributed by atoms with Gasteiger partial charge in [0.15, 0.2) is 5.96 Å². The maximum Gasteiger partial charge on any atom is 0.191 e. The predicted molar refractivity (Wildman–Crippen MR) is 96.9 cm³/mol. The molecule has 5 heteroatoms. The van der Waals surface area contributed by atoms with Crippen molar-refractivity contribution in [2.24, 2.45) is 10.9 Å². The molecule has 1 heterocycles. The third kappa shape index (κ3) is 9.05. The summed E-state index contributed by atoms with van der Waals surface area (Å²) < 4.78 is 5.54. The zero-order valence-corrected chi connectivity index (χ0v) is 15.2. The molecule has 0 aliphatic heterocycles. The molecule has 0 aliphatic carbocycles. The van der Waals surface area contributed by atoms with E-state index in [-0.39, 0.29) is 0 Å². The second-order valence-electron chi connectivity index (χ2n) is 5.81. The molecule has 1 rings (SSSR count). The molecule has 1 unspecified atom stereocenters. The van der Waals surface area contributed by atoms with Crippen molar-refractivity contribution in [3.05, 3.63) is 22.4 Å². The van der Waals surface area contributed by atoms with Crippen LogP contribution in [0.3, 0.4) is 0 Å². The quantitative estimate of drug-likeness (QED) is 0.394. The zero-order valence-electron chi connectivity index (χ0n) is 14.4. The SMILES string of the molecule is CCNC(=NCC(C)Cc1cccs1)NCCCOC(C)C. The van der Waals surface area contributed by atoms with Gasteiger partial charge in [0.25, 0.3) is 0 Å². The van der Waals surface area contributed by atoms with Gasteiger partial charge in [-0.1, -0.05) is 13.0 Å². The number of aliphatic imine (C=N–C) groups is 1. The van der Waals surface area contributed by atoms with Crippen LogP contribution in [0.4, 0.5) is 0 Å². The van der Waals surface area contributed by atoms with Crippen molar-refractivity contribution in [3.8, 4) is 0 Å². The molecule has 0 spiro atoms. The van der Waals surface area contributed by atoms with Gasteiger partial charge >= 0.3 is 0 Å². The highest BCUT2D eigenvalue weighted by Gasteiger charge is 2.05. The highest BCUT2D eigenvalue weighted by Crippen LogP contribution is 2.14. The van der Waals surface area contributed by atoms with Crippen LogP contribution in [0.15, 0.2) is 22.5 Å². The first-order valence-corrected chi connectivity index (χ1v) is 9.16. The molecule has 0 saturated heterocycles. The number of nitrogens with one attached hydrogen (secondary N) is 2. The molecule has 0 saturated carbocycles. The molecule has 1 atom stereocenters. The Hall–Kier alpha value is -1.07. The van der Waals surface area contributed by atoms with Crippen molar-refractivity contribution in [1.82, 2.24) is 10.6 Å². The van der Waals surface area contributed by atoms with Crippen molar-refractivity contribution in [3.63, 3.8) is 0 Å². The maximum atomic E-state index is 5.54. The smallest absolute Gasteiger partial charge is 0.191 e. The van der Waals surface area contributed by atoms with Crippen molar-refractivity contribution in [2.75, 3.05) is 26.2 Å². The third-order valence-corrected chi connectivity index (χ3v) is 4.00. The average molecular weight is 326 g/mol. The highest BCUT2D eigenvalue weighted by molar-refractivity contribution is 7.09. The van der Waals surface area contributed by atoms with E-state index in [2.05, 4.69) is 60.8 Å². The minimum Gasteiger partial charge on any atom is -0.379 e. The van der Waals surface area contributed by atoms with Crippen molar-refractivity contribution < 1.29 is 4.74 Å². The molecular weight excluding hydrogens is 294 g/mol. The predicted octanol–water partition coefficient (Wildman–Crippen LogP) is 3.30. The fraction of sp³-hybridized carbons (Fsp3) is 0.706. The van der Waals surface area contributed by atoms with Gasteiger partial charge in [-0.15, -0.1) is 11.3 Å². The summed E-state index contributed by atoms with van der Waals surface area (Å²) in [5, 5.41) is 8.80. The molecule has 2 N–H and O–H groups in total. The molecule has 22 heavy (non-hydrogen) atoms. The Labute approximate surface area is 139 Å². The third-order valence-electron chi connectivity index (χ3n) is 3.10. The maximum absolute atomic E-state index is 5.54. The van der Waals surface area contributed by atoms with E-state index in [0.29, 0.717) is 12.0 Å². The van der Waals surface area contributed by atoms with Gasteiger partial charge in [-0.2, -0.15) is 0 Å². The Bertz CT molecular complexity index is 404. The van der Waals surface area contributed by atoms with E-state index in [0.717, 1.165) is 45.0 Å². The summed E-state index contributed by atoms with van der Waals surface area (Å²) in [6, 6.07) is 4.31. The van der Waals surface area contributed by atoms with Crippen molar-refractivity contribution in [2.45, 2.75) is 46.6 Å². The van der Waals surface area contributed by atoms with E-state index in [1.165, 1.54) is 4.88 Å². The van der Waals surface area contributed by atoms with Crippen LogP contribution in [0.5, 0.6) is 0 Å². The van der Waals surface area contributed by atoms with Crippen LogP contribution in [0.25, 0.3) is 0 Å². The van der Waals surface area contributed by atoms with Crippen LogP contribution in [-0.2, 0) is 11.2 Å². The fourth-order valence-electron chi connectivity index (χ4n) is 2.02. The summed E-state index contributed by atoms with van der Waals surface area (Å²) in [5.41, 5.74) is 0.